The van der Waals surface area contributed by atoms with Gasteiger partial charge in [0.25, 0.3) is 5.91 Å². The van der Waals surface area contributed by atoms with Crippen molar-refractivity contribution in [2.24, 2.45) is 0 Å². The summed E-state index contributed by atoms with van der Waals surface area (Å²) < 4.78 is 33.1. The molecule has 35 heavy (non-hydrogen) atoms. The van der Waals surface area contributed by atoms with Crippen LogP contribution >= 0.6 is 11.8 Å². The van der Waals surface area contributed by atoms with Gasteiger partial charge in [-0.1, -0.05) is 36.8 Å². The van der Waals surface area contributed by atoms with E-state index in [9.17, 15) is 13.2 Å². The van der Waals surface area contributed by atoms with E-state index in [0.29, 0.717) is 24.5 Å². The van der Waals surface area contributed by atoms with Crippen LogP contribution in [0.15, 0.2) is 76.5 Å². The molecule has 1 fully saturated rings. The molecule has 0 unspecified atom stereocenters. The van der Waals surface area contributed by atoms with Crippen LogP contribution in [0.25, 0.3) is 0 Å². The molecule has 1 aliphatic rings. The van der Waals surface area contributed by atoms with E-state index >= 15 is 0 Å². The van der Waals surface area contributed by atoms with Crippen molar-refractivity contribution in [3.8, 4) is 5.75 Å². The standard InChI is InChI=1S/C27H30N2O4S2/c1-20-17-21(19-34-22-9-5-3-6-10-22)11-13-25(20)28-27(30)24-18-23(12-14-26(24)33-2)35(31,32)29-15-7-4-8-16-29/h3,5-6,9-14,17-18H,4,7-8,15-16,19H2,1-2H3,(H,28,30). The number of anilines is 1. The fourth-order valence-corrected chi connectivity index (χ4v) is 6.51. The zero-order chi connectivity index (χ0) is 24.8. The van der Waals surface area contributed by atoms with Gasteiger partial charge in [-0.15, -0.1) is 11.8 Å². The van der Waals surface area contributed by atoms with E-state index in [1.807, 2.05) is 37.3 Å². The molecule has 8 heteroatoms. The zero-order valence-corrected chi connectivity index (χ0v) is 21.6. The predicted molar refractivity (Wildman–Crippen MR) is 141 cm³/mol. The van der Waals surface area contributed by atoms with Crippen LogP contribution in [0.3, 0.4) is 0 Å². The van der Waals surface area contributed by atoms with E-state index in [4.69, 9.17) is 4.74 Å². The van der Waals surface area contributed by atoms with E-state index in [-0.39, 0.29) is 10.5 Å². The largest absolute Gasteiger partial charge is 0.496 e. The summed E-state index contributed by atoms with van der Waals surface area (Å²) in [5, 5.41) is 2.93. The maximum Gasteiger partial charge on any atom is 0.259 e. The first-order valence-corrected chi connectivity index (χ1v) is 14.1. The summed E-state index contributed by atoms with van der Waals surface area (Å²) in [7, 11) is -2.20. The summed E-state index contributed by atoms with van der Waals surface area (Å²) in [5.74, 6) is 0.740. The van der Waals surface area contributed by atoms with Gasteiger partial charge in [-0.25, -0.2) is 8.42 Å². The lowest BCUT2D eigenvalue weighted by Crippen LogP contribution is -2.35. The van der Waals surface area contributed by atoms with Crippen LogP contribution < -0.4 is 10.1 Å². The normalized spacial score (nSPS) is 14.5. The average molecular weight is 511 g/mol. The molecule has 3 aromatic carbocycles. The number of ether oxygens (including phenoxy) is 1. The molecule has 184 valence electrons. The molecular weight excluding hydrogens is 480 g/mol. The number of carbonyl (C=O) groups excluding carboxylic acids is 1. The lowest BCUT2D eigenvalue weighted by molar-refractivity contribution is 0.102. The maximum absolute atomic E-state index is 13.2. The maximum atomic E-state index is 13.2. The lowest BCUT2D eigenvalue weighted by Gasteiger charge is -2.26. The van der Waals surface area contributed by atoms with Crippen LogP contribution in [0, 0.1) is 6.92 Å². The Morgan fingerprint density at radius 1 is 1.00 bits per heavy atom. The van der Waals surface area contributed by atoms with Crippen LogP contribution in [0.5, 0.6) is 5.75 Å². The monoisotopic (exact) mass is 510 g/mol. The number of benzene rings is 3. The third-order valence-electron chi connectivity index (χ3n) is 6.06. The first kappa shape index (κ1) is 25.3. The Morgan fingerprint density at radius 3 is 2.43 bits per heavy atom. The van der Waals surface area contributed by atoms with E-state index < -0.39 is 15.9 Å². The molecular formula is C27H30N2O4S2. The molecule has 1 aliphatic heterocycles. The Labute approximate surface area is 211 Å². The Kier molecular flexibility index (Phi) is 8.15. The van der Waals surface area contributed by atoms with Crippen molar-refractivity contribution >= 4 is 33.4 Å². The number of carbonyl (C=O) groups is 1. The molecule has 0 bridgehead atoms. The van der Waals surface area contributed by atoms with Gasteiger partial charge in [-0.3, -0.25) is 4.79 Å². The molecule has 6 nitrogen and oxygen atoms in total. The quantitative estimate of drug-likeness (QED) is 0.392. The van der Waals surface area contributed by atoms with Crippen molar-refractivity contribution in [1.82, 2.24) is 4.31 Å². The Morgan fingerprint density at radius 2 is 1.74 bits per heavy atom. The summed E-state index contributed by atoms with van der Waals surface area (Å²) in [6.45, 7) is 2.95. The van der Waals surface area contributed by atoms with E-state index in [2.05, 4.69) is 23.5 Å². The second-order valence-corrected chi connectivity index (χ2v) is 11.5. The minimum atomic E-state index is -3.66. The number of hydrogen-bond acceptors (Lipinski definition) is 5. The van der Waals surface area contributed by atoms with Crippen molar-refractivity contribution in [2.45, 2.75) is 41.7 Å². The fraction of sp³-hybridized carbons (Fsp3) is 0.296. The summed E-state index contributed by atoms with van der Waals surface area (Å²) in [6, 6.07) is 20.6. The predicted octanol–water partition coefficient (Wildman–Crippen LogP) is 5.72. The van der Waals surface area contributed by atoms with Gasteiger partial charge in [0.15, 0.2) is 0 Å². The molecule has 0 aliphatic carbocycles. The minimum Gasteiger partial charge on any atom is -0.496 e. The number of piperidine rings is 1. The van der Waals surface area contributed by atoms with Crippen LogP contribution in [-0.4, -0.2) is 38.8 Å². The minimum absolute atomic E-state index is 0.107. The highest BCUT2D eigenvalue weighted by Gasteiger charge is 2.27. The molecule has 3 aromatic rings. The first-order valence-electron chi connectivity index (χ1n) is 11.7. The topological polar surface area (TPSA) is 75.7 Å². The van der Waals surface area contributed by atoms with Gasteiger partial charge in [0.05, 0.1) is 17.6 Å². The van der Waals surface area contributed by atoms with E-state index in [0.717, 1.165) is 36.1 Å². The zero-order valence-electron chi connectivity index (χ0n) is 20.0. The Bertz CT molecular complexity index is 1290. The van der Waals surface area contributed by atoms with Crippen molar-refractivity contribution in [2.75, 3.05) is 25.5 Å². The third kappa shape index (κ3) is 6.07. The smallest absolute Gasteiger partial charge is 0.259 e. The second-order valence-electron chi connectivity index (χ2n) is 8.53. The molecule has 1 saturated heterocycles. The third-order valence-corrected chi connectivity index (χ3v) is 9.03. The fourth-order valence-electron chi connectivity index (χ4n) is 4.11. The molecule has 1 heterocycles. The van der Waals surface area contributed by atoms with Crippen LogP contribution in [0.2, 0.25) is 0 Å². The molecule has 0 saturated carbocycles. The number of amides is 1. The SMILES string of the molecule is COc1ccc(S(=O)(=O)N2CCCCC2)cc1C(=O)Nc1ccc(CSc2ccccc2)cc1C. The summed E-state index contributed by atoms with van der Waals surface area (Å²) in [4.78, 5) is 14.5. The molecule has 1 amide bonds. The van der Waals surface area contributed by atoms with Crippen LogP contribution in [-0.2, 0) is 15.8 Å². The first-order chi connectivity index (χ1) is 16.9. The van der Waals surface area contributed by atoms with Gasteiger partial charge < -0.3 is 10.1 Å². The number of methoxy groups -OCH3 is 1. The van der Waals surface area contributed by atoms with Gasteiger partial charge in [-0.05, 0) is 67.3 Å². The van der Waals surface area contributed by atoms with E-state index in [1.165, 1.54) is 28.4 Å². The Hall–Kier alpha value is -2.81. The number of thioether (sulfide) groups is 1. The molecule has 4 rings (SSSR count). The van der Waals surface area contributed by atoms with E-state index in [1.54, 1.807) is 17.8 Å². The molecule has 0 radical (unpaired) electrons. The molecule has 1 N–H and O–H groups in total. The van der Waals surface area contributed by atoms with Gasteiger partial charge in [0.1, 0.15) is 5.75 Å². The molecule has 0 spiro atoms. The van der Waals surface area contributed by atoms with Gasteiger partial charge in [0, 0.05) is 29.4 Å². The second kappa shape index (κ2) is 11.3. The number of sulfonamides is 1. The van der Waals surface area contributed by atoms with Gasteiger partial charge in [0.2, 0.25) is 10.0 Å². The molecule has 0 aromatic heterocycles. The number of nitrogens with one attached hydrogen (secondary N) is 1. The summed E-state index contributed by atoms with van der Waals surface area (Å²) in [6.07, 6.45) is 2.73. The van der Waals surface area contributed by atoms with Crippen LogP contribution in [0.1, 0.15) is 40.7 Å². The summed E-state index contributed by atoms with van der Waals surface area (Å²) in [5.41, 5.74) is 2.95. The highest BCUT2D eigenvalue weighted by Crippen LogP contribution is 2.29. The number of hydrogen-bond donors (Lipinski definition) is 1. The van der Waals surface area contributed by atoms with Gasteiger partial charge >= 0.3 is 0 Å². The number of rotatable bonds is 8. The lowest BCUT2D eigenvalue weighted by atomic mass is 10.1. The number of nitrogens with zero attached hydrogens (tertiary/aromatic N) is 1. The van der Waals surface area contributed by atoms with Crippen molar-refractivity contribution in [1.29, 1.82) is 0 Å². The van der Waals surface area contributed by atoms with Crippen molar-refractivity contribution in [3.63, 3.8) is 0 Å². The highest BCUT2D eigenvalue weighted by molar-refractivity contribution is 7.98. The Balaban J connectivity index is 1.51. The van der Waals surface area contributed by atoms with Crippen molar-refractivity contribution in [3.05, 3.63) is 83.4 Å². The van der Waals surface area contributed by atoms with Crippen molar-refractivity contribution < 1.29 is 17.9 Å². The summed E-state index contributed by atoms with van der Waals surface area (Å²) >= 11 is 1.75. The highest BCUT2D eigenvalue weighted by atomic mass is 32.2. The average Bonchev–Trinajstić information content (AvgIpc) is 2.89. The van der Waals surface area contributed by atoms with Crippen LogP contribution in [0.4, 0.5) is 5.69 Å². The van der Waals surface area contributed by atoms with Gasteiger partial charge in [-0.2, -0.15) is 4.31 Å². The molecule has 0 atom stereocenters. The number of aryl methyl sites for hydroxylation is 1.